The van der Waals surface area contributed by atoms with Gasteiger partial charge in [0.05, 0.1) is 12.2 Å². The maximum Gasteiger partial charge on any atom is 0.270 e. The summed E-state index contributed by atoms with van der Waals surface area (Å²) >= 11 is 1.69. The third-order valence-electron chi connectivity index (χ3n) is 5.65. The van der Waals surface area contributed by atoms with E-state index in [2.05, 4.69) is 56.5 Å². The zero-order chi connectivity index (χ0) is 20.2. The van der Waals surface area contributed by atoms with E-state index < -0.39 is 5.91 Å². The summed E-state index contributed by atoms with van der Waals surface area (Å²) < 4.78 is 4.34. The van der Waals surface area contributed by atoms with Crippen LogP contribution in [0.3, 0.4) is 0 Å². The van der Waals surface area contributed by atoms with Gasteiger partial charge in [-0.3, -0.25) is 14.7 Å². The number of nitrogens with one attached hydrogen (secondary N) is 1. The van der Waals surface area contributed by atoms with Gasteiger partial charge in [0.2, 0.25) is 0 Å². The average molecular weight is 414 g/mol. The lowest BCUT2D eigenvalue weighted by Gasteiger charge is -2.28. The quantitative estimate of drug-likeness (QED) is 0.446. The van der Waals surface area contributed by atoms with Crippen LogP contribution in [0, 0.1) is 0 Å². The van der Waals surface area contributed by atoms with Crippen LogP contribution in [-0.2, 0) is 4.79 Å². The fourth-order valence-electron chi connectivity index (χ4n) is 3.82. The van der Waals surface area contributed by atoms with E-state index in [9.17, 15) is 4.79 Å². The van der Waals surface area contributed by atoms with E-state index in [-0.39, 0.29) is 0 Å². The number of carbonyl (C=O) groups excluding carboxylic acids is 1. The SMILES string of the molecule is CN1CCC(n2cc(-c3ccc(SN4CC=C(C(=O)NO)CC4)cc3)cn2)CC1. The Balaban J connectivity index is 1.35. The molecule has 0 saturated carbocycles. The number of amides is 1. The minimum Gasteiger partial charge on any atom is -0.306 e. The summed E-state index contributed by atoms with van der Waals surface area (Å²) in [5.41, 5.74) is 4.67. The van der Waals surface area contributed by atoms with Crippen LogP contribution < -0.4 is 5.48 Å². The molecule has 8 heteroatoms. The minimum absolute atomic E-state index is 0.403. The van der Waals surface area contributed by atoms with Gasteiger partial charge in [-0.05, 0) is 69.0 Å². The van der Waals surface area contributed by atoms with Gasteiger partial charge < -0.3 is 4.90 Å². The van der Waals surface area contributed by atoms with Crippen molar-refractivity contribution in [2.24, 2.45) is 0 Å². The van der Waals surface area contributed by atoms with Crippen molar-refractivity contribution >= 4 is 17.9 Å². The summed E-state index contributed by atoms with van der Waals surface area (Å²) in [6, 6.07) is 9.05. The van der Waals surface area contributed by atoms with E-state index in [1.54, 1.807) is 17.4 Å². The molecular formula is C21H27N5O2S. The van der Waals surface area contributed by atoms with E-state index in [1.165, 1.54) is 10.5 Å². The number of nitrogens with zero attached hydrogens (tertiary/aromatic N) is 4. The second kappa shape index (κ2) is 9.13. The fraction of sp³-hybridized carbons (Fsp3) is 0.429. The van der Waals surface area contributed by atoms with Crippen molar-refractivity contribution in [3.05, 3.63) is 48.3 Å². The van der Waals surface area contributed by atoms with E-state index in [0.717, 1.165) is 38.0 Å². The number of piperidine rings is 1. The number of likely N-dealkylation sites (tertiary alicyclic amines) is 1. The standard InChI is InChI=1S/C21H27N5O2S/c1-24-10-8-19(9-11-24)26-15-18(14-22-26)16-2-4-20(5-3-16)29-25-12-6-17(7-13-25)21(27)23-28/h2-6,14-15,19,28H,7-13H2,1H3,(H,23,27). The Hall–Kier alpha value is -2.13. The van der Waals surface area contributed by atoms with Crippen molar-refractivity contribution in [1.82, 2.24) is 24.5 Å². The van der Waals surface area contributed by atoms with Gasteiger partial charge in [-0.1, -0.05) is 18.2 Å². The summed E-state index contributed by atoms with van der Waals surface area (Å²) in [4.78, 5) is 15.0. The normalized spacial score (nSPS) is 19.2. The highest BCUT2D eigenvalue weighted by Crippen LogP contribution is 2.29. The molecular weight excluding hydrogens is 386 g/mol. The molecule has 0 bridgehead atoms. The van der Waals surface area contributed by atoms with Crippen LogP contribution in [0.15, 0.2) is 53.2 Å². The fourth-order valence-corrected chi connectivity index (χ4v) is 4.70. The molecule has 1 aromatic carbocycles. The Morgan fingerprint density at radius 1 is 1.17 bits per heavy atom. The van der Waals surface area contributed by atoms with Gasteiger partial charge in [0, 0.05) is 35.3 Å². The maximum atomic E-state index is 11.5. The number of hydrogen-bond acceptors (Lipinski definition) is 6. The Bertz CT molecular complexity index is 871. The molecule has 0 unspecified atom stereocenters. The summed E-state index contributed by atoms with van der Waals surface area (Å²) in [5, 5.41) is 13.3. The zero-order valence-corrected chi connectivity index (χ0v) is 17.4. The topological polar surface area (TPSA) is 73.6 Å². The molecule has 0 aliphatic carbocycles. The number of hydroxylamine groups is 1. The van der Waals surface area contributed by atoms with Crippen molar-refractivity contribution in [3.63, 3.8) is 0 Å². The van der Waals surface area contributed by atoms with Crippen molar-refractivity contribution in [1.29, 1.82) is 0 Å². The molecule has 1 amide bonds. The van der Waals surface area contributed by atoms with Crippen molar-refractivity contribution in [2.45, 2.75) is 30.2 Å². The third kappa shape index (κ3) is 4.90. The monoisotopic (exact) mass is 413 g/mol. The highest BCUT2D eigenvalue weighted by molar-refractivity contribution is 7.97. The first kappa shape index (κ1) is 20.2. The molecule has 0 spiro atoms. The van der Waals surface area contributed by atoms with Gasteiger partial charge in [0.1, 0.15) is 0 Å². The molecule has 1 saturated heterocycles. The summed E-state index contributed by atoms with van der Waals surface area (Å²) in [5.74, 6) is -0.403. The predicted octanol–water partition coefficient (Wildman–Crippen LogP) is 2.96. The van der Waals surface area contributed by atoms with Gasteiger partial charge in [-0.15, -0.1) is 0 Å². The molecule has 0 atom stereocenters. The largest absolute Gasteiger partial charge is 0.306 e. The lowest BCUT2D eigenvalue weighted by atomic mass is 10.1. The molecule has 0 radical (unpaired) electrons. The minimum atomic E-state index is -0.403. The van der Waals surface area contributed by atoms with Gasteiger partial charge in [0.15, 0.2) is 0 Å². The first-order valence-corrected chi connectivity index (χ1v) is 10.8. The van der Waals surface area contributed by atoms with Gasteiger partial charge >= 0.3 is 0 Å². The first-order valence-electron chi connectivity index (χ1n) is 10.0. The highest BCUT2D eigenvalue weighted by atomic mass is 32.2. The van der Waals surface area contributed by atoms with Crippen molar-refractivity contribution in [2.75, 3.05) is 33.2 Å². The molecule has 7 nitrogen and oxygen atoms in total. The van der Waals surface area contributed by atoms with Crippen LogP contribution in [0.5, 0.6) is 0 Å². The van der Waals surface area contributed by atoms with E-state index >= 15 is 0 Å². The summed E-state index contributed by atoms with van der Waals surface area (Å²) in [6.07, 6.45) is 8.94. The lowest BCUT2D eigenvalue weighted by Crippen LogP contribution is -2.31. The number of rotatable bonds is 5. The van der Waals surface area contributed by atoms with Gasteiger partial charge in [0.25, 0.3) is 5.91 Å². The molecule has 1 aromatic heterocycles. The molecule has 2 aliphatic rings. The Labute approximate surface area is 175 Å². The van der Waals surface area contributed by atoms with Crippen LogP contribution in [0.25, 0.3) is 11.1 Å². The van der Waals surface area contributed by atoms with E-state index in [4.69, 9.17) is 5.21 Å². The second-order valence-corrected chi connectivity index (χ2v) is 8.84. The number of carbonyl (C=O) groups is 1. The maximum absolute atomic E-state index is 11.5. The lowest BCUT2D eigenvalue weighted by molar-refractivity contribution is -0.125. The number of hydrogen-bond donors (Lipinski definition) is 2. The summed E-state index contributed by atoms with van der Waals surface area (Å²) in [7, 11) is 2.18. The molecule has 2 aliphatic heterocycles. The summed E-state index contributed by atoms with van der Waals surface area (Å²) in [6.45, 7) is 3.71. The predicted molar refractivity (Wildman–Crippen MR) is 113 cm³/mol. The third-order valence-corrected chi connectivity index (χ3v) is 6.72. The van der Waals surface area contributed by atoms with Crippen LogP contribution in [0.1, 0.15) is 25.3 Å². The highest BCUT2D eigenvalue weighted by Gasteiger charge is 2.19. The Morgan fingerprint density at radius 2 is 1.93 bits per heavy atom. The smallest absolute Gasteiger partial charge is 0.270 e. The van der Waals surface area contributed by atoms with E-state index in [0.29, 0.717) is 24.6 Å². The van der Waals surface area contributed by atoms with Gasteiger partial charge in [-0.25, -0.2) is 9.79 Å². The van der Waals surface area contributed by atoms with Gasteiger partial charge in [-0.2, -0.15) is 5.10 Å². The van der Waals surface area contributed by atoms with E-state index in [1.807, 2.05) is 12.3 Å². The Kier molecular flexibility index (Phi) is 6.34. The number of benzene rings is 1. The molecule has 2 aromatic rings. The molecule has 154 valence electrons. The number of aromatic nitrogens is 2. The molecule has 2 N–H and O–H groups in total. The van der Waals surface area contributed by atoms with Crippen LogP contribution in [0.4, 0.5) is 0 Å². The second-order valence-electron chi connectivity index (χ2n) is 7.67. The van der Waals surface area contributed by atoms with Crippen molar-refractivity contribution < 1.29 is 10.0 Å². The molecule has 1 fully saturated rings. The molecule has 4 rings (SSSR count). The van der Waals surface area contributed by atoms with Crippen LogP contribution >= 0.6 is 11.9 Å². The average Bonchev–Trinajstić information content (AvgIpc) is 3.25. The molecule has 3 heterocycles. The Morgan fingerprint density at radius 3 is 2.59 bits per heavy atom. The zero-order valence-electron chi connectivity index (χ0n) is 16.6. The van der Waals surface area contributed by atoms with Crippen molar-refractivity contribution in [3.8, 4) is 11.1 Å². The molecule has 29 heavy (non-hydrogen) atoms. The van der Waals surface area contributed by atoms with Crippen LogP contribution in [0.2, 0.25) is 0 Å². The first-order chi connectivity index (χ1) is 14.1. The van der Waals surface area contributed by atoms with Crippen LogP contribution in [-0.4, -0.2) is 63.3 Å².